The van der Waals surface area contributed by atoms with Crippen molar-refractivity contribution in [2.75, 3.05) is 6.61 Å². The average Bonchev–Trinajstić information content (AvgIpc) is 2.47. The second-order valence-corrected chi connectivity index (χ2v) is 5.13. The summed E-state index contributed by atoms with van der Waals surface area (Å²) >= 11 is 0. The van der Waals surface area contributed by atoms with E-state index in [0.717, 1.165) is 24.0 Å². The Morgan fingerprint density at radius 3 is 2.86 bits per heavy atom. The Kier molecular flexibility index (Phi) is 5.69. The van der Waals surface area contributed by atoms with Crippen LogP contribution in [0.25, 0.3) is 0 Å². The summed E-state index contributed by atoms with van der Waals surface area (Å²) in [5, 5.41) is 0. The van der Waals surface area contributed by atoms with Crippen molar-refractivity contribution in [1.29, 1.82) is 0 Å². The molecule has 2 aromatic rings. The SMILES string of the molecule is CCC(N)Cc1cc(F)cc(OCCc2cccnc2)c1. The van der Waals surface area contributed by atoms with E-state index in [1.807, 2.05) is 25.1 Å². The van der Waals surface area contributed by atoms with Crippen molar-refractivity contribution < 1.29 is 9.13 Å². The molecular formula is C17H21FN2O. The fourth-order valence-electron chi connectivity index (χ4n) is 2.10. The standard InChI is InChI=1S/C17H21FN2O/c1-2-16(19)9-14-8-15(18)11-17(10-14)21-7-5-13-4-3-6-20-12-13/h3-4,6,8,10-12,16H,2,5,7,9,19H2,1H3. The van der Waals surface area contributed by atoms with Crippen molar-refractivity contribution in [3.8, 4) is 5.75 Å². The molecule has 0 spiro atoms. The van der Waals surface area contributed by atoms with Crippen molar-refractivity contribution in [3.05, 3.63) is 59.7 Å². The van der Waals surface area contributed by atoms with Gasteiger partial charge in [0.15, 0.2) is 0 Å². The number of halogens is 1. The number of ether oxygens (including phenoxy) is 1. The normalized spacial score (nSPS) is 12.1. The molecule has 0 fully saturated rings. The number of pyridine rings is 1. The minimum Gasteiger partial charge on any atom is -0.493 e. The highest BCUT2D eigenvalue weighted by Gasteiger charge is 2.06. The van der Waals surface area contributed by atoms with Crippen molar-refractivity contribution in [2.24, 2.45) is 5.73 Å². The fourth-order valence-corrected chi connectivity index (χ4v) is 2.10. The predicted octanol–water partition coefficient (Wildman–Crippen LogP) is 3.12. The molecule has 0 bridgehead atoms. The molecule has 0 aliphatic rings. The number of rotatable bonds is 7. The van der Waals surface area contributed by atoms with E-state index >= 15 is 0 Å². The molecule has 112 valence electrons. The van der Waals surface area contributed by atoms with E-state index in [1.54, 1.807) is 12.4 Å². The lowest BCUT2D eigenvalue weighted by Crippen LogP contribution is -2.21. The second kappa shape index (κ2) is 7.74. The Bertz CT molecular complexity index is 560. The Labute approximate surface area is 125 Å². The molecule has 1 unspecified atom stereocenters. The molecule has 0 radical (unpaired) electrons. The lowest BCUT2D eigenvalue weighted by Gasteiger charge is -2.11. The van der Waals surface area contributed by atoms with E-state index in [0.29, 0.717) is 18.8 Å². The fraction of sp³-hybridized carbons (Fsp3) is 0.353. The molecule has 0 amide bonds. The molecule has 2 N–H and O–H groups in total. The minimum absolute atomic E-state index is 0.0510. The van der Waals surface area contributed by atoms with Gasteiger partial charge >= 0.3 is 0 Å². The van der Waals surface area contributed by atoms with E-state index < -0.39 is 0 Å². The van der Waals surface area contributed by atoms with Crippen molar-refractivity contribution in [1.82, 2.24) is 4.98 Å². The monoisotopic (exact) mass is 288 g/mol. The smallest absolute Gasteiger partial charge is 0.127 e. The van der Waals surface area contributed by atoms with Gasteiger partial charge in [0, 0.05) is 30.9 Å². The van der Waals surface area contributed by atoms with Crippen LogP contribution in [0.1, 0.15) is 24.5 Å². The molecule has 3 nitrogen and oxygen atoms in total. The average molecular weight is 288 g/mol. The van der Waals surface area contributed by atoms with E-state index in [4.69, 9.17) is 10.5 Å². The van der Waals surface area contributed by atoms with Crippen LogP contribution in [0.2, 0.25) is 0 Å². The van der Waals surface area contributed by atoms with E-state index in [2.05, 4.69) is 4.98 Å². The topological polar surface area (TPSA) is 48.1 Å². The maximum Gasteiger partial charge on any atom is 0.127 e. The second-order valence-electron chi connectivity index (χ2n) is 5.13. The molecule has 4 heteroatoms. The van der Waals surface area contributed by atoms with Gasteiger partial charge < -0.3 is 10.5 Å². The minimum atomic E-state index is -0.285. The maximum atomic E-state index is 13.6. The summed E-state index contributed by atoms with van der Waals surface area (Å²) < 4.78 is 19.2. The molecule has 0 aliphatic heterocycles. The van der Waals surface area contributed by atoms with Gasteiger partial charge in [-0.05, 0) is 42.2 Å². The summed E-state index contributed by atoms with van der Waals surface area (Å²) in [6, 6.07) is 8.72. The van der Waals surface area contributed by atoms with Crippen LogP contribution < -0.4 is 10.5 Å². The predicted molar refractivity (Wildman–Crippen MR) is 81.8 cm³/mol. The number of nitrogens with two attached hydrogens (primary N) is 1. The summed E-state index contributed by atoms with van der Waals surface area (Å²) in [7, 11) is 0. The molecule has 1 aromatic heterocycles. The largest absolute Gasteiger partial charge is 0.493 e. The van der Waals surface area contributed by atoms with Crippen LogP contribution in [-0.4, -0.2) is 17.6 Å². The van der Waals surface area contributed by atoms with Gasteiger partial charge in [-0.15, -0.1) is 0 Å². The van der Waals surface area contributed by atoms with Crippen LogP contribution in [0.15, 0.2) is 42.7 Å². The van der Waals surface area contributed by atoms with Gasteiger partial charge in [-0.25, -0.2) is 4.39 Å². The molecule has 0 saturated carbocycles. The summed E-state index contributed by atoms with van der Waals surface area (Å²) in [5.41, 5.74) is 7.89. The first-order chi connectivity index (χ1) is 10.2. The number of aromatic nitrogens is 1. The molecule has 1 atom stereocenters. The van der Waals surface area contributed by atoms with E-state index in [1.165, 1.54) is 12.1 Å². The Balaban J connectivity index is 1.93. The molecule has 1 aromatic carbocycles. The molecule has 1 heterocycles. The Morgan fingerprint density at radius 2 is 2.14 bits per heavy atom. The van der Waals surface area contributed by atoms with Crippen LogP contribution in [-0.2, 0) is 12.8 Å². The van der Waals surface area contributed by atoms with Gasteiger partial charge in [0.1, 0.15) is 11.6 Å². The molecule has 21 heavy (non-hydrogen) atoms. The van der Waals surface area contributed by atoms with Crippen LogP contribution >= 0.6 is 0 Å². The maximum absolute atomic E-state index is 13.6. The quantitative estimate of drug-likeness (QED) is 0.851. The zero-order chi connectivity index (χ0) is 15.1. The van der Waals surface area contributed by atoms with Crippen molar-refractivity contribution in [3.63, 3.8) is 0 Å². The van der Waals surface area contributed by atoms with Crippen LogP contribution in [0.4, 0.5) is 4.39 Å². The molecule has 0 saturated heterocycles. The van der Waals surface area contributed by atoms with Gasteiger partial charge in [0.05, 0.1) is 6.61 Å². The summed E-state index contributed by atoms with van der Waals surface area (Å²) in [6.07, 6.45) is 5.82. The van der Waals surface area contributed by atoms with Gasteiger partial charge in [-0.2, -0.15) is 0 Å². The lowest BCUT2D eigenvalue weighted by molar-refractivity contribution is 0.319. The number of benzene rings is 1. The van der Waals surface area contributed by atoms with Crippen LogP contribution in [0, 0.1) is 5.82 Å². The molecular weight excluding hydrogens is 267 g/mol. The van der Waals surface area contributed by atoms with Gasteiger partial charge in [0.25, 0.3) is 0 Å². The third kappa shape index (κ3) is 5.16. The summed E-state index contributed by atoms with van der Waals surface area (Å²) in [4.78, 5) is 4.05. The van der Waals surface area contributed by atoms with E-state index in [-0.39, 0.29) is 11.9 Å². The Hall–Kier alpha value is -1.94. The van der Waals surface area contributed by atoms with Crippen molar-refractivity contribution >= 4 is 0 Å². The number of hydrogen-bond donors (Lipinski definition) is 1. The van der Waals surface area contributed by atoms with Crippen LogP contribution in [0.3, 0.4) is 0 Å². The first-order valence-electron chi connectivity index (χ1n) is 7.24. The summed E-state index contributed by atoms with van der Waals surface area (Å²) in [5.74, 6) is 0.268. The van der Waals surface area contributed by atoms with Gasteiger partial charge in [-0.1, -0.05) is 13.0 Å². The zero-order valence-electron chi connectivity index (χ0n) is 12.3. The third-order valence-corrected chi connectivity index (χ3v) is 3.34. The van der Waals surface area contributed by atoms with Gasteiger partial charge in [-0.3, -0.25) is 4.98 Å². The molecule has 0 aliphatic carbocycles. The first-order valence-corrected chi connectivity index (χ1v) is 7.24. The number of nitrogens with zero attached hydrogens (tertiary/aromatic N) is 1. The molecule has 2 rings (SSSR count). The van der Waals surface area contributed by atoms with E-state index in [9.17, 15) is 4.39 Å². The number of hydrogen-bond acceptors (Lipinski definition) is 3. The van der Waals surface area contributed by atoms with Gasteiger partial charge in [0.2, 0.25) is 0 Å². The zero-order valence-corrected chi connectivity index (χ0v) is 12.3. The lowest BCUT2D eigenvalue weighted by atomic mass is 10.0. The van der Waals surface area contributed by atoms with Crippen molar-refractivity contribution in [2.45, 2.75) is 32.2 Å². The highest BCUT2D eigenvalue weighted by atomic mass is 19.1. The highest BCUT2D eigenvalue weighted by molar-refractivity contribution is 5.30. The first kappa shape index (κ1) is 15.4. The Morgan fingerprint density at radius 1 is 1.29 bits per heavy atom. The third-order valence-electron chi connectivity index (χ3n) is 3.34. The van der Waals surface area contributed by atoms with Crippen LogP contribution in [0.5, 0.6) is 5.75 Å². The summed E-state index contributed by atoms with van der Waals surface area (Å²) in [6.45, 7) is 2.52. The highest BCUT2D eigenvalue weighted by Crippen LogP contribution is 2.18.